The Morgan fingerprint density at radius 2 is 1.82 bits per heavy atom. The molecule has 4 rings (SSSR count). The van der Waals surface area contributed by atoms with Crippen molar-refractivity contribution in [1.29, 1.82) is 0 Å². The van der Waals surface area contributed by atoms with E-state index in [4.69, 9.17) is 11.6 Å². The smallest absolute Gasteiger partial charge is 0.264 e. The van der Waals surface area contributed by atoms with Gasteiger partial charge in [-0.2, -0.15) is 5.10 Å². The minimum absolute atomic E-state index is 0.116. The molecule has 7 nitrogen and oxygen atoms in total. The van der Waals surface area contributed by atoms with Gasteiger partial charge in [0.15, 0.2) is 5.65 Å². The first kappa shape index (κ1) is 17.9. The molecular formula is C20H16ClN5O2. The van der Waals surface area contributed by atoms with Crippen molar-refractivity contribution in [2.75, 3.05) is 5.32 Å². The van der Waals surface area contributed by atoms with E-state index in [1.165, 1.54) is 17.1 Å². The van der Waals surface area contributed by atoms with Gasteiger partial charge in [-0.3, -0.25) is 14.2 Å². The topological polar surface area (TPSA) is 81.8 Å². The van der Waals surface area contributed by atoms with E-state index in [-0.39, 0.29) is 24.4 Å². The zero-order chi connectivity index (χ0) is 19.5. The van der Waals surface area contributed by atoms with Crippen molar-refractivity contribution in [3.8, 4) is 5.69 Å². The summed E-state index contributed by atoms with van der Waals surface area (Å²) in [5.74, 6) is -0.236. The fourth-order valence-corrected chi connectivity index (χ4v) is 3.05. The van der Waals surface area contributed by atoms with E-state index >= 15 is 0 Å². The molecule has 0 aliphatic carbocycles. The Balaban J connectivity index is 1.52. The zero-order valence-electron chi connectivity index (χ0n) is 14.7. The third kappa shape index (κ3) is 3.52. The normalized spacial score (nSPS) is 10.9. The summed E-state index contributed by atoms with van der Waals surface area (Å²) in [4.78, 5) is 29.3. The van der Waals surface area contributed by atoms with Crippen LogP contribution in [0.5, 0.6) is 0 Å². The van der Waals surface area contributed by atoms with Crippen LogP contribution in [0.25, 0.3) is 16.7 Å². The molecule has 1 amide bonds. The van der Waals surface area contributed by atoms with Crippen LogP contribution in [0.3, 0.4) is 0 Å². The number of carbonyl (C=O) groups is 1. The highest BCUT2D eigenvalue weighted by atomic mass is 35.5. The molecule has 2 aromatic carbocycles. The van der Waals surface area contributed by atoms with Gasteiger partial charge >= 0.3 is 0 Å². The van der Waals surface area contributed by atoms with Gasteiger partial charge in [-0.1, -0.05) is 41.9 Å². The van der Waals surface area contributed by atoms with Crippen molar-refractivity contribution in [2.45, 2.75) is 13.0 Å². The maximum Gasteiger partial charge on any atom is 0.264 e. The van der Waals surface area contributed by atoms with Crippen LogP contribution >= 0.6 is 11.6 Å². The standard InChI is InChI=1S/C20H16ClN5O2/c21-16-8-4-5-9-17(16)24-18(27)10-11-25-13-22-19-15(20(25)28)12-23-26(19)14-6-2-1-3-7-14/h1-9,12-13H,10-11H2,(H,24,27). The number of para-hydroxylation sites is 2. The van der Waals surface area contributed by atoms with Crippen LogP contribution in [0.15, 0.2) is 71.9 Å². The molecule has 0 spiro atoms. The molecule has 2 aromatic heterocycles. The van der Waals surface area contributed by atoms with E-state index in [2.05, 4.69) is 15.4 Å². The number of aromatic nitrogens is 4. The summed E-state index contributed by atoms with van der Waals surface area (Å²) < 4.78 is 3.02. The molecule has 0 unspecified atom stereocenters. The Hall–Kier alpha value is -3.45. The van der Waals surface area contributed by atoms with Crippen LogP contribution in [0.2, 0.25) is 5.02 Å². The summed E-state index contributed by atoms with van der Waals surface area (Å²) in [6, 6.07) is 16.5. The Bertz CT molecular complexity index is 1200. The van der Waals surface area contributed by atoms with Crippen LogP contribution in [-0.4, -0.2) is 25.2 Å². The van der Waals surface area contributed by atoms with Gasteiger partial charge in [-0.25, -0.2) is 9.67 Å². The number of rotatable bonds is 5. The quantitative estimate of drug-likeness (QED) is 0.564. The predicted molar refractivity (Wildman–Crippen MR) is 108 cm³/mol. The number of carbonyl (C=O) groups excluding carboxylic acids is 1. The van der Waals surface area contributed by atoms with Gasteiger partial charge in [0, 0.05) is 13.0 Å². The van der Waals surface area contributed by atoms with Gasteiger partial charge in [-0.05, 0) is 24.3 Å². The lowest BCUT2D eigenvalue weighted by molar-refractivity contribution is -0.116. The highest BCUT2D eigenvalue weighted by molar-refractivity contribution is 6.33. The second-order valence-corrected chi connectivity index (χ2v) is 6.56. The molecule has 28 heavy (non-hydrogen) atoms. The lowest BCUT2D eigenvalue weighted by Crippen LogP contribution is -2.23. The molecule has 0 atom stereocenters. The van der Waals surface area contributed by atoms with E-state index in [1.54, 1.807) is 28.9 Å². The van der Waals surface area contributed by atoms with E-state index < -0.39 is 0 Å². The predicted octanol–water partition coefficient (Wildman–Crippen LogP) is 3.26. The maximum atomic E-state index is 12.7. The van der Waals surface area contributed by atoms with E-state index in [0.29, 0.717) is 21.7 Å². The highest BCUT2D eigenvalue weighted by Gasteiger charge is 2.12. The largest absolute Gasteiger partial charge is 0.325 e. The first-order valence-corrected chi connectivity index (χ1v) is 9.04. The molecule has 2 heterocycles. The zero-order valence-corrected chi connectivity index (χ0v) is 15.5. The summed E-state index contributed by atoms with van der Waals surface area (Å²) in [5, 5.41) is 7.88. The van der Waals surface area contributed by atoms with Gasteiger partial charge in [-0.15, -0.1) is 0 Å². The second kappa shape index (κ2) is 7.66. The molecule has 4 aromatic rings. The number of hydrogen-bond acceptors (Lipinski definition) is 4. The number of nitrogens with zero attached hydrogens (tertiary/aromatic N) is 4. The minimum Gasteiger partial charge on any atom is -0.325 e. The highest BCUT2D eigenvalue weighted by Crippen LogP contribution is 2.20. The molecule has 0 aliphatic heterocycles. The molecule has 0 aliphatic rings. The van der Waals surface area contributed by atoms with Crippen molar-refractivity contribution in [3.05, 3.63) is 82.5 Å². The molecule has 0 radical (unpaired) electrons. The Labute approximate surface area is 165 Å². The second-order valence-electron chi connectivity index (χ2n) is 6.15. The first-order valence-electron chi connectivity index (χ1n) is 8.66. The average Bonchev–Trinajstić information content (AvgIpc) is 3.15. The SMILES string of the molecule is O=C(CCn1cnc2c(cnn2-c2ccccc2)c1=O)Nc1ccccc1Cl. The number of nitrogens with one attached hydrogen (secondary N) is 1. The number of fused-ring (bicyclic) bond motifs is 1. The van der Waals surface area contributed by atoms with E-state index in [9.17, 15) is 9.59 Å². The van der Waals surface area contributed by atoms with Gasteiger partial charge in [0.2, 0.25) is 5.91 Å². The van der Waals surface area contributed by atoms with Gasteiger partial charge < -0.3 is 5.32 Å². The summed E-state index contributed by atoms with van der Waals surface area (Å²) in [6.45, 7) is 0.203. The third-order valence-electron chi connectivity index (χ3n) is 4.28. The van der Waals surface area contributed by atoms with Gasteiger partial charge in [0.25, 0.3) is 5.56 Å². The fourth-order valence-electron chi connectivity index (χ4n) is 2.86. The van der Waals surface area contributed by atoms with Gasteiger partial charge in [0.05, 0.1) is 28.9 Å². The van der Waals surface area contributed by atoms with Crippen molar-refractivity contribution in [3.63, 3.8) is 0 Å². The first-order chi connectivity index (χ1) is 13.6. The molecule has 0 fully saturated rings. The molecule has 140 valence electrons. The molecule has 1 N–H and O–H groups in total. The average molecular weight is 394 g/mol. The molecular weight excluding hydrogens is 378 g/mol. The van der Waals surface area contributed by atoms with Crippen LogP contribution < -0.4 is 10.9 Å². The van der Waals surface area contributed by atoms with Crippen LogP contribution in [0, 0.1) is 0 Å². The Morgan fingerprint density at radius 1 is 1.07 bits per heavy atom. The third-order valence-corrected chi connectivity index (χ3v) is 4.61. The molecule has 0 bridgehead atoms. The molecule has 0 saturated carbocycles. The number of anilines is 1. The fraction of sp³-hybridized carbons (Fsp3) is 0.100. The summed E-state index contributed by atoms with van der Waals surface area (Å²) in [6.07, 6.45) is 3.05. The van der Waals surface area contributed by atoms with Crippen molar-refractivity contribution >= 4 is 34.2 Å². The maximum absolute atomic E-state index is 12.7. The molecule has 8 heteroatoms. The Morgan fingerprint density at radius 3 is 2.61 bits per heavy atom. The molecule has 0 saturated heterocycles. The number of aryl methyl sites for hydroxylation is 1. The lowest BCUT2D eigenvalue weighted by Gasteiger charge is -2.08. The summed E-state index contributed by atoms with van der Waals surface area (Å²) in [7, 11) is 0. The van der Waals surface area contributed by atoms with Crippen molar-refractivity contribution in [1.82, 2.24) is 19.3 Å². The van der Waals surface area contributed by atoms with E-state index in [1.807, 2.05) is 30.3 Å². The minimum atomic E-state index is -0.238. The van der Waals surface area contributed by atoms with Crippen LogP contribution in [-0.2, 0) is 11.3 Å². The van der Waals surface area contributed by atoms with Gasteiger partial charge in [0.1, 0.15) is 5.39 Å². The summed E-state index contributed by atoms with van der Waals surface area (Å²) >= 11 is 6.04. The number of halogens is 1. The monoisotopic (exact) mass is 393 g/mol. The van der Waals surface area contributed by atoms with Crippen molar-refractivity contribution in [2.24, 2.45) is 0 Å². The number of hydrogen-bond donors (Lipinski definition) is 1. The Kier molecular flexibility index (Phi) is 4.90. The summed E-state index contributed by atoms with van der Waals surface area (Å²) in [5.41, 5.74) is 1.60. The van der Waals surface area contributed by atoms with E-state index in [0.717, 1.165) is 5.69 Å². The lowest BCUT2D eigenvalue weighted by atomic mass is 10.3. The number of benzene rings is 2. The number of amides is 1. The van der Waals surface area contributed by atoms with Crippen molar-refractivity contribution < 1.29 is 4.79 Å². The van der Waals surface area contributed by atoms with Crippen LogP contribution in [0.4, 0.5) is 5.69 Å². The van der Waals surface area contributed by atoms with Crippen LogP contribution in [0.1, 0.15) is 6.42 Å².